The molecule has 0 aliphatic heterocycles. The Kier molecular flexibility index (Phi) is 3.31. The van der Waals surface area contributed by atoms with E-state index in [0.29, 0.717) is 5.56 Å². The summed E-state index contributed by atoms with van der Waals surface area (Å²) in [5.41, 5.74) is 2.18. The molecular formula is C14H11NO2. The number of benzene rings is 1. The number of hydrogen-bond donors (Lipinski definition) is 1. The number of rotatable bonds is 3. The van der Waals surface area contributed by atoms with Crippen molar-refractivity contribution in [3.63, 3.8) is 0 Å². The largest absolute Gasteiger partial charge is 0.478 e. The highest BCUT2D eigenvalue weighted by atomic mass is 16.4. The third-order valence-electron chi connectivity index (χ3n) is 2.31. The van der Waals surface area contributed by atoms with Crippen LogP contribution in [0.4, 0.5) is 0 Å². The first-order valence-electron chi connectivity index (χ1n) is 5.17. The molecule has 0 saturated heterocycles. The summed E-state index contributed by atoms with van der Waals surface area (Å²) in [6.45, 7) is 0. The average molecular weight is 225 g/mol. The van der Waals surface area contributed by atoms with Crippen LogP contribution in [0.3, 0.4) is 0 Å². The van der Waals surface area contributed by atoms with Gasteiger partial charge in [0.15, 0.2) is 0 Å². The second kappa shape index (κ2) is 5.07. The zero-order valence-electron chi connectivity index (χ0n) is 9.08. The number of nitrogens with zero attached hydrogens (tertiary/aromatic N) is 1. The lowest BCUT2D eigenvalue weighted by Crippen LogP contribution is -1.95. The van der Waals surface area contributed by atoms with Crippen molar-refractivity contribution in [2.45, 2.75) is 0 Å². The third-order valence-corrected chi connectivity index (χ3v) is 2.31. The molecule has 1 aromatic carbocycles. The molecule has 84 valence electrons. The molecule has 0 saturated carbocycles. The summed E-state index contributed by atoms with van der Waals surface area (Å²) in [5, 5.41) is 8.86. The van der Waals surface area contributed by atoms with E-state index in [1.54, 1.807) is 30.6 Å². The number of pyridine rings is 1. The maximum absolute atomic E-state index is 10.8. The average Bonchev–Trinajstić information content (AvgIpc) is 2.38. The predicted octanol–water partition coefficient (Wildman–Crippen LogP) is 2.95. The minimum atomic E-state index is -0.913. The number of aromatic nitrogens is 1. The molecule has 2 aromatic rings. The van der Waals surface area contributed by atoms with Crippen molar-refractivity contribution in [2.24, 2.45) is 0 Å². The lowest BCUT2D eigenvalue weighted by Gasteiger charge is -1.97. The van der Waals surface area contributed by atoms with Gasteiger partial charge in [-0.2, -0.15) is 0 Å². The molecule has 0 aliphatic rings. The number of hydrogen-bond acceptors (Lipinski definition) is 2. The van der Waals surface area contributed by atoms with Gasteiger partial charge in [-0.3, -0.25) is 4.98 Å². The summed E-state index contributed by atoms with van der Waals surface area (Å²) >= 11 is 0. The fourth-order valence-corrected chi connectivity index (χ4v) is 1.44. The first-order chi connectivity index (χ1) is 8.25. The van der Waals surface area contributed by atoms with Gasteiger partial charge in [0.1, 0.15) is 0 Å². The summed E-state index contributed by atoms with van der Waals surface area (Å²) in [7, 11) is 0. The standard InChI is InChI=1S/C14H11NO2/c16-14(17)13-3-1-2-12(10-13)5-4-11-6-8-15-9-7-11/h1-10H,(H,16,17)/b5-4-. The fraction of sp³-hybridized carbons (Fsp3) is 0. The van der Waals surface area contributed by atoms with Gasteiger partial charge < -0.3 is 5.11 Å². The smallest absolute Gasteiger partial charge is 0.335 e. The van der Waals surface area contributed by atoms with E-state index in [9.17, 15) is 4.79 Å². The molecule has 0 fully saturated rings. The summed E-state index contributed by atoms with van der Waals surface area (Å²) in [6, 6.07) is 10.6. The van der Waals surface area contributed by atoms with Gasteiger partial charge in [0, 0.05) is 12.4 Å². The third kappa shape index (κ3) is 3.01. The lowest BCUT2D eigenvalue weighted by molar-refractivity contribution is 0.0697. The summed E-state index contributed by atoms with van der Waals surface area (Å²) in [5.74, 6) is -0.913. The molecule has 3 nitrogen and oxygen atoms in total. The first kappa shape index (κ1) is 11.1. The zero-order valence-corrected chi connectivity index (χ0v) is 9.08. The molecule has 0 atom stereocenters. The molecular weight excluding hydrogens is 214 g/mol. The van der Waals surface area contributed by atoms with Crippen molar-refractivity contribution < 1.29 is 9.90 Å². The van der Waals surface area contributed by atoms with Crippen LogP contribution in [-0.2, 0) is 0 Å². The van der Waals surface area contributed by atoms with E-state index < -0.39 is 5.97 Å². The molecule has 0 bridgehead atoms. The van der Waals surface area contributed by atoms with E-state index in [0.717, 1.165) is 11.1 Å². The van der Waals surface area contributed by atoms with Crippen molar-refractivity contribution in [1.82, 2.24) is 4.98 Å². The highest BCUT2D eigenvalue weighted by molar-refractivity contribution is 5.88. The van der Waals surface area contributed by atoms with E-state index in [-0.39, 0.29) is 0 Å². The molecule has 0 radical (unpaired) electrons. The van der Waals surface area contributed by atoms with Crippen LogP contribution in [0.25, 0.3) is 12.2 Å². The molecule has 1 heterocycles. The fourth-order valence-electron chi connectivity index (χ4n) is 1.44. The van der Waals surface area contributed by atoms with E-state index in [2.05, 4.69) is 4.98 Å². The number of carboxylic acid groups (broad SMARTS) is 1. The minimum absolute atomic E-state index is 0.293. The van der Waals surface area contributed by atoms with Gasteiger partial charge in [0.05, 0.1) is 5.56 Å². The van der Waals surface area contributed by atoms with Crippen LogP contribution in [0.15, 0.2) is 48.8 Å². The van der Waals surface area contributed by atoms with E-state index in [1.165, 1.54) is 0 Å². The molecule has 2 rings (SSSR count). The van der Waals surface area contributed by atoms with Crippen LogP contribution in [0.2, 0.25) is 0 Å². The topological polar surface area (TPSA) is 50.2 Å². The molecule has 0 amide bonds. The molecule has 0 unspecified atom stereocenters. The van der Waals surface area contributed by atoms with E-state index in [1.807, 2.05) is 30.4 Å². The Balaban J connectivity index is 2.22. The van der Waals surface area contributed by atoms with E-state index in [4.69, 9.17) is 5.11 Å². The van der Waals surface area contributed by atoms with E-state index >= 15 is 0 Å². The van der Waals surface area contributed by atoms with Gasteiger partial charge >= 0.3 is 5.97 Å². The Morgan fingerprint density at radius 2 is 1.76 bits per heavy atom. The van der Waals surface area contributed by atoms with Crippen LogP contribution >= 0.6 is 0 Å². The van der Waals surface area contributed by atoms with Crippen LogP contribution in [0.1, 0.15) is 21.5 Å². The first-order valence-corrected chi connectivity index (χ1v) is 5.17. The van der Waals surface area contributed by atoms with Gasteiger partial charge in [-0.05, 0) is 35.4 Å². The Morgan fingerprint density at radius 3 is 2.47 bits per heavy atom. The van der Waals surface area contributed by atoms with Gasteiger partial charge in [0.25, 0.3) is 0 Å². The molecule has 1 N–H and O–H groups in total. The van der Waals surface area contributed by atoms with Crippen LogP contribution in [0, 0.1) is 0 Å². The minimum Gasteiger partial charge on any atom is -0.478 e. The van der Waals surface area contributed by atoms with Crippen molar-refractivity contribution in [3.8, 4) is 0 Å². The molecule has 17 heavy (non-hydrogen) atoms. The number of carboxylic acids is 1. The van der Waals surface area contributed by atoms with Gasteiger partial charge in [-0.1, -0.05) is 24.3 Å². The maximum Gasteiger partial charge on any atom is 0.335 e. The van der Waals surface area contributed by atoms with Crippen LogP contribution < -0.4 is 0 Å². The van der Waals surface area contributed by atoms with Gasteiger partial charge in [0.2, 0.25) is 0 Å². The van der Waals surface area contributed by atoms with Gasteiger partial charge in [-0.25, -0.2) is 4.79 Å². The van der Waals surface area contributed by atoms with Crippen molar-refractivity contribution in [2.75, 3.05) is 0 Å². The Hall–Kier alpha value is -2.42. The van der Waals surface area contributed by atoms with Crippen LogP contribution in [0.5, 0.6) is 0 Å². The monoisotopic (exact) mass is 225 g/mol. The van der Waals surface area contributed by atoms with Crippen LogP contribution in [-0.4, -0.2) is 16.1 Å². The highest BCUT2D eigenvalue weighted by Gasteiger charge is 2.00. The van der Waals surface area contributed by atoms with Gasteiger partial charge in [-0.15, -0.1) is 0 Å². The Bertz CT molecular complexity index is 547. The normalized spacial score (nSPS) is 10.6. The predicted molar refractivity (Wildman–Crippen MR) is 66.6 cm³/mol. The van der Waals surface area contributed by atoms with Crippen molar-refractivity contribution in [3.05, 3.63) is 65.5 Å². The molecule has 0 aliphatic carbocycles. The summed E-state index contributed by atoms with van der Waals surface area (Å²) in [6.07, 6.45) is 7.23. The van der Waals surface area contributed by atoms with Crippen molar-refractivity contribution in [1.29, 1.82) is 0 Å². The number of carbonyl (C=O) groups is 1. The second-order valence-electron chi connectivity index (χ2n) is 3.54. The maximum atomic E-state index is 10.8. The molecule has 3 heteroatoms. The summed E-state index contributed by atoms with van der Waals surface area (Å²) < 4.78 is 0. The lowest BCUT2D eigenvalue weighted by atomic mass is 10.1. The highest BCUT2D eigenvalue weighted by Crippen LogP contribution is 2.10. The number of aromatic carboxylic acids is 1. The Morgan fingerprint density at radius 1 is 1.06 bits per heavy atom. The SMILES string of the molecule is O=C(O)c1cccc(/C=C\c2ccncc2)c1. The quantitative estimate of drug-likeness (QED) is 0.873. The van der Waals surface area contributed by atoms with Crippen molar-refractivity contribution >= 4 is 18.1 Å². The second-order valence-corrected chi connectivity index (χ2v) is 3.54. The Labute approximate surface area is 99.1 Å². The zero-order chi connectivity index (χ0) is 12.1. The summed E-state index contributed by atoms with van der Waals surface area (Å²) in [4.78, 5) is 14.7. The molecule has 0 spiro atoms. The molecule has 1 aromatic heterocycles.